The van der Waals surface area contributed by atoms with E-state index in [1.54, 1.807) is 30.3 Å². The number of hydrogen-bond donors (Lipinski definition) is 1. The van der Waals surface area contributed by atoms with Crippen LogP contribution in [-0.4, -0.2) is 32.1 Å². The molecule has 1 aliphatic heterocycles. The van der Waals surface area contributed by atoms with Crippen molar-refractivity contribution in [1.29, 1.82) is 0 Å². The van der Waals surface area contributed by atoms with E-state index in [4.69, 9.17) is 9.47 Å². The van der Waals surface area contributed by atoms with Gasteiger partial charge in [-0.25, -0.2) is 9.69 Å². The molecule has 1 heterocycles. The van der Waals surface area contributed by atoms with Crippen LogP contribution < -0.4 is 19.7 Å². The van der Waals surface area contributed by atoms with Gasteiger partial charge < -0.3 is 9.47 Å². The van der Waals surface area contributed by atoms with Crippen molar-refractivity contribution in [2.24, 2.45) is 0 Å². The molecule has 0 atom stereocenters. The zero-order valence-electron chi connectivity index (χ0n) is 15.8. The number of urea groups is 1. The molecule has 7 nitrogen and oxygen atoms in total. The fraction of sp³-hybridized carbons (Fsp3) is 0.190. The number of ether oxygens (including phenoxy) is 2. The van der Waals surface area contributed by atoms with Gasteiger partial charge in [-0.1, -0.05) is 25.1 Å². The Balaban J connectivity index is 2.07. The first-order valence-corrected chi connectivity index (χ1v) is 8.71. The van der Waals surface area contributed by atoms with E-state index in [0.29, 0.717) is 29.2 Å². The minimum atomic E-state index is -0.769. The maximum absolute atomic E-state index is 13.1. The Morgan fingerprint density at radius 2 is 1.79 bits per heavy atom. The van der Waals surface area contributed by atoms with Crippen LogP contribution in [0, 0.1) is 0 Å². The van der Waals surface area contributed by atoms with Crippen LogP contribution in [0.3, 0.4) is 0 Å². The van der Waals surface area contributed by atoms with Gasteiger partial charge in [-0.2, -0.15) is 0 Å². The Morgan fingerprint density at radius 1 is 1.04 bits per heavy atom. The Kier molecular flexibility index (Phi) is 5.44. The first-order valence-electron chi connectivity index (χ1n) is 8.71. The molecule has 0 unspecified atom stereocenters. The number of benzene rings is 2. The van der Waals surface area contributed by atoms with Crippen LogP contribution in [0.5, 0.6) is 11.5 Å². The van der Waals surface area contributed by atoms with Gasteiger partial charge in [-0.15, -0.1) is 0 Å². The van der Waals surface area contributed by atoms with Crippen molar-refractivity contribution in [2.45, 2.75) is 13.3 Å². The Hall–Kier alpha value is -3.61. The van der Waals surface area contributed by atoms with Gasteiger partial charge >= 0.3 is 6.03 Å². The maximum atomic E-state index is 13.1. The number of methoxy groups -OCH3 is 2. The van der Waals surface area contributed by atoms with E-state index < -0.39 is 17.8 Å². The van der Waals surface area contributed by atoms with Gasteiger partial charge in [0.05, 0.1) is 19.9 Å². The number of imide groups is 2. The first-order chi connectivity index (χ1) is 13.5. The summed E-state index contributed by atoms with van der Waals surface area (Å²) in [4.78, 5) is 38.8. The zero-order chi connectivity index (χ0) is 20.3. The maximum Gasteiger partial charge on any atom is 0.335 e. The summed E-state index contributed by atoms with van der Waals surface area (Å²) in [6.45, 7) is 1.93. The average molecular weight is 380 g/mol. The quantitative estimate of drug-likeness (QED) is 0.637. The normalized spacial score (nSPS) is 15.6. The number of carbonyl (C=O) groups is 3. The number of carbonyl (C=O) groups excluding carboxylic acids is 3. The summed E-state index contributed by atoms with van der Waals surface area (Å²) in [5.41, 5.74) is 1.63. The van der Waals surface area contributed by atoms with Gasteiger partial charge in [0.1, 0.15) is 17.1 Å². The predicted molar refractivity (Wildman–Crippen MR) is 104 cm³/mol. The molecule has 1 aliphatic rings. The van der Waals surface area contributed by atoms with E-state index in [1.807, 2.05) is 19.1 Å². The number of nitrogens with zero attached hydrogens (tertiary/aromatic N) is 1. The summed E-state index contributed by atoms with van der Waals surface area (Å²) in [6, 6.07) is 11.3. The highest BCUT2D eigenvalue weighted by molar-refractivity contribution is 6.39. The SMILES string of the molecule is CCc1ccccc1N1C(=O)NC(=O)/C(=C/c2ccc(OC)cc2OC)C1=O. The van der Waals surface area contributed by atoms with Gasteiger partial charge in [-0.05, 0) is 36.3 Å². The van der Waals surface area contributed by atoms with Crippen LogP contribution in [-0.2, 0) is 16.0 Å². The third-order valence-corrected chi connectivity index (χ3v) is 4.46. The Labute approximate surface area is 162 Å². The molecule has 0 saturated carbocycles. The van der Waals surface area contributed by atoms with Crippen molar-refractivity contribution in [3.63, 3.8) is 0 Å². The minimum absolute atomic E-state index is 0.158. The first kappa shape index (κ1) is 19.2. The van der Waals surface area contributed by atoms with E-state index >= 15 is 0 Å². The number of nitrogens with one attached hydrogen (secondary N) is 1. The van der Waals surface area contributed by atoms with Crippen molar-refractivity contribution < 1.29 is 23.9 Å². The number of barbiturate groups is 1. The van der Waals surface area contributed by atoms with E-state index in [2.05, 4.69) is 5.32 Å². The summed E-state index contributed by atoms with van der Waals surface area (Å²) in [5, 5.41) is 2.23. The van der Waals surface area contributed by atoms with Gasteiger partial charge in [-0.3, -0.25) is 14.9 Å². The summed E-state index contributed by atoms with van der Waals surface area (Å²) in [7, 11) is 3.01. The van der Waals surface area contributed by atoms with Crippen LogP contribution in [0.2, 0.25) is 0 Å². The monoisotopic (exact) mass is 380 g/mol. The van der Waals surface area contributed by atoms with Crippen LogP contribution in [0.25, 0.3) is 6.08 Å². The van der Waals surface area contributed by atoms with Gasteiger partial charge in [0, 0.05) is 11.6 Å². The lowest BCUT2D eigenvalue weighted by atomic mass is 10.0. The van der Waals surface area contributed by atoms with Crippen LogP contribution in [0.4, 0.5) is 10.5 Å². The molecule has 0 bridgehead atoms. The van der Waals surface area contributed by atoms with Gasteiger partial charge in [0.2, 0.25) is 0 Å². The second-order valence-corrected chi connectivity index (χ2v) is 6.05. The molecule has 1 N–H and O–H groups in total. The lowest BCUT2D eigenvalue weighted by molar-refractivity contribution is -0.122. The molecule has 0 spiro atoms. The second-order valence-electron chi connectivity index (χ2n) is 6.05. The molecule has 2 aromatic carbocycles. The second kappa shape index (κ2) is 7.96. The zero-order valence-corrected chi connectivity index (χ0v) is 15.8. The molecule has 28 heavy (non-hydrogen) atoms. The average Bonchev–Trinajstić information content (AvgIpc) is 2.71. The Morgan fingerprint density at radius 3 is 2.46 bits per heavy atom. The fourth-order valence-corrected chi connectivity index (χ4v) is 3.00. The number of aryl methyl sites for hydroxylation is 1. The fourth-order valence-electron chi connectivity index (χ4n) is 3.00. The molecule has 2 aromatic rings. The number of para-hydroxylation sites is 1. The molecule has 3 rings (SSSR count). The van der Waals surface area contributed by atoms with Crippen molar-refractivity contribution in [2.75, 3.05) is 19.1 Å². The number of amides is 4. The van der Waals surface area contributed by atoms with E-state index in [0.717, 1.165) is 10.5 Å². The lowest BCUT2D eigenvalue weighted by Gasteiger charge is -2.28. The molecule has 0 aliphatic carbocycles. The predicted octanol–water partition coefficient (Wildman–Crippen LogP) is 2.93. The Bertz CT molecular complexity index is 981. The molecule has 0 aromatic heterocycles. The molecule has 7 heteroatoms. The summed E-state index contributed by atoms with van der Waals surface area (Å²) >= 11 is 0. The summed E-state index contributed by atoms with van der Waals surface area (Å²) < 4.78 is 10.5. The number of rotatable bonds is 5. The standard InChI is InChI=1S/C21H20N2O5/c1-4-13-7-5-6-8-17(13)23-20(25)16(19(24)22-21(23)26)11-14-9-10-15(27-2)12-18(14)28-3/h5-12H,4H2,1-3H3,(H,22,24,26)/b16-11-. The van der Waals surface area contributed by atoms with Gasteiger partial charge in [0.25, 0.3) is 11.8 Å². The molecular weight excluding hydrogens is 360 g/mol. The van der Waals surface area contributed by atoms with Crippen LogP contribution in [0.15, 0.2) is 48.0 Å². The molecule has 144 valence electrons. The number of anilines is 1. The largest absolute Gasteiger partial charge is 0.497 e. The lowest BCUT2D eigenvalue weighted by Crippen LogP contribution is -2.54. The molecule has 1 saturated heterocycles. The molecular formula is C21H20N2O5. The minimum Gasteiger partial charge on any atom is -0.497 e. The van der Waals surface area contributed by atoms with E-state index in [-0.39, 0.29) is 5.57 Å². The summed E-state index contributed by atoms with van der Waals surface area (Å²) in [6.07, 6.45) is 2.04. The third kappa shape index (κ3) is 3.46. The van der Waals surface area contributed by atoms with Crippen molar-refractivity contribution in [3.8, 4) is 11.5 Å². The summed E-state index contributed by atoms with van der Waals surface area (Å²) in [5.74, 6) is -0.428. The topological polar surface area (TPSA) is 84.9 Å². The highest BCUT2D eigenvalue weighted by atomic mass is 16.5. The van der Waals surface area contributed by atoms with E-state index in [9.17, 15) is 14.4 Å². The molecule has 4 amide bonds. The van der Waals surface area contributed by atoms with Crippen molar-refractivity contribution >= 4 is 29.6 Å². The van der Waals surface area contributed by atoms with E-state index in [1.165, 1.54) is 20.3 Å². The van der Waals surface area contributed by atoms with Crippen LogP contribution in [0.1, 0.15) is 18.1 Å². The third-order valence-electron chi connectivity index (χ3n) is 4.46. The van der Waals surface area contributed by atoms with Crippen LogP contribution >= 0.6 is 0 Å². The highest BCUT2D eigenvalue weighted by Crippen LogP contribution is 2.29. The van der Waals surface area contributed by atoms with Gasteiger partial charge in [0.15, 0.2) is 0 Å². The number of hydrogen-bond acceptors (Lipinski definition) is 5. The van der Waals surface area contributed by atoms with Crippen molar-refractivity contribution in [1.82, 2.24) is 5.32 Å². The highest BCUT2D eigenvalue weighted by Gasteiger charge is 2.37. The molecule has 0 radical (unpaired) electrons. The molecule has 1 fully saturated rings. The smallest absolute Gasteiger partial charge is 0.335 e. The van der Waals surface area contributed by atoms with Crippen molar-refractivity contribution in [3.05, 3.63) is 59.2 Å².